The zero-order valence-electron chi connectivity index (χ0n) is 27.9. The van der Waals surface area contributed by atoms with Crippen LogP contribution in [0.25, 0.3) is 6.08 Å². The number of thioether (sulfide) groups is 1. The molecule has 1 amide bonds. The molecule has 0 bridgehead atoms. The lowest BCUT2D eigenvalue weighted by atomic mass is 9.76. The molecule has 9 heteroatoms. The van der Waals surface area contributed by atoms with Crippen molar-refractivity contribution in [2.75, 3.05) is 25.1 Å². The number of halogens is 2. The zero-order chi connectivity index (χ0) is 34.9. The molecule has 6 nitrogen and oxygen atoms in total. The lowest BCUT2D eigenvalue weighted by molar-refractivity contribution is -0.115. The van der Waals surface area contributed by atoms with Crippen molar-refractivity contribution in [3.63, 3.8) is 0 Å². The third-order valence-corrected chi connectivity index (χ3v) is 11.5. The maximum atomic E-state index is 13.3. The number of methoxy groups -OCH3 is 1. The van der Waals surface area contributed by atoms with Gasteiger partial charge < -0.3 is 19.7 Å². The van der Waals surface area contributed by atoms with E-state index < -0.39 is 0 Å². The number of ether oxygens (including phenoxy) is 2. The van der Waals surface area contributed by atoms with Crippen LogP contribution in [0.3, 0.4) is 0 Å². The molecule has 256 valence electrons. The number of nitrogens with zero attached hydrogens (tertiary/aromatic N) is 2. The second kappa shape index (κ2) is 14.6. The summed E-state index contributed by atoms with van der Waals surface area (Å²) in [6.07, 6.45) is 3.95. The van der Waals surface area contributed by atoms with Crippen LogP contribution < -0.4 is 19.7 Å². The number of anilines is 1. The van der Waals surface area contributed by atoms with E-state index in [9.17, 15) is 4.79 Å². The molecule has 0 saturated carbocycles. The molecule has 0 aliphatic carbocycles. The van der Waals surface area contributed by atoms with Crippen LogP contribution in [0.15, 0.2) is 124 Å². The van der Waals surface area contributed by atoms with Crippen molar-refractivity contribution in [2.45, 2.75) is 31.3 Å². The molecular formula is C42H35BrClN3O3S. The Kier molecular flexibility index (Phi) is 9.64. The van der Waals surface area contributed by atoms with Gasteiger partial charge >= 0.3 is 0 Å². The number of carbonyl (C=O) groups is 1. The summed E-state index contributed by atoms with van der Waals surface area (Å²) in [5.41, 5.74) is 9.25. The standard InChI is InChI=1S/C42H35BrClN3O3S/c1-49-37-21-27(20-36(43)40(37)50-25-26-12-14-30(44)15-13-26)22-38-41(48)46-42(51-38)45-31-23-34-32(28-8-4-2-5-9-28)16-18-47-19-17-33(35(24-31)39(34)47)29-10-6-3-7-11-29/h2-15,20-24,32-33H,16-19,25H2,1H3,(H,45,46,48)/b38-22-/t32-,33+. The van der Waals surface area contributed by atoms with Crippen molar-refractivity contribution in [3.05, 3.63) is 157 Å². The minimum atomic E-state index is -0.188. The summed E-state index contributed by atoms with van der Waals surface area (Å²) in [6, 6.07) is 37.4. The molecule has 1 N–H and O–H groups in total. The fraction of sp³-hybridized carbons (Fsp3) is 0.190. The Hall–Kier alpha value is -4.50. The fourth-order valence-corrected chi connectivity index (χ4v) is 8.89. The van der Waals surface area contributed by atoms with Gasteiger partial charge in [-0.1, -0.05) is 84.4 Å². The van der Waals surface area contributed by atoms with Gasteiger partial charge in [0, 0.05) is 35.6 Å². The Morgan fingerprint density at radius 3 is 2.14 bits per heavy atom. The van der Waals surface area contributed by atoms with E-state index in [0.717, 1.165) is 47.2 Å². The first kappa shape index (κ1) is 33.6. The van der Waals surface area contributed by atoms with Crippen LogP contribution >= 0.6 is 39.3 Å². The normalized spacial score (nSPS) is 19.6. The quantitative estimate of drug-likeness (QED) is 0.159. The summed E-state index contributed by atoms with van der Waals surface area (Å²) in [7, 11) is 1.60. The topological polar surface area (TPSA) is 63.2 Å². The van der Waals surface area contributed by atoms with Gasteiger partial charge in [0.15, 0.2) is 16.7 Å². The summed E-state index contributed by atoms with van der Waals surface area (Å²) < 4.78 is 12.5. The van der Waals surface area contributed by atoms with Gasteiger partial charge in [0.2, 0.25) is 0 Å². The lowest BCUT2D eigenvalue weighted by Gasteiger charge is -2.43. The Bertz CT molecular complexity index is 2090. The Morgan fingerprint density at radius 1 is 0.902 bits per heavy atom. The van der Waals surface area contributed by atoms with Crippen molar-refractivity contribution in [3.8, 4) is 11.5 Å². The number of amides is 1. The van der Waals surface area contributed by atoms with E-state index in [1.807, 2.05) is 42.5 Å². The summed E-state index contributed by atoms with van der Waals surface area (Å²) in [4.78, 5) is 21.5. The molecule has 51 heavy (non-hydrogen) atoms. The molecule has 0 unspecified atom stereocenters. The van der Waals surface area contributed by atoms with Gasteiger partial charge in [0.05, 0.1) is 22.2 Å². The summed E-state index contributed by atoms with van der Waals surface area (Å²) >= 11 is 11.0. The Labute approximate surface area is 315 Å². The number of aliphatic imine (C=N–C) groups is 1. The lowest BCUT2D eigenvalue weighted by Crippen LogP contribution is -2.37. The zero-order valence-corrected chi connectivity index (χ0v) is 31.1. The van der Waals surface area contributed by atoms with Crippen LogP contribution in [-0.2, 0) is 11.4 Å². The van der Waals surface area contributed by atoms with Crippen LogP contribution in [-0.4, -0.2) is 31.3 Å². The van der Waals surface area contributed by atoms with Gasteiger partial charge in [0.25, 0.3) is 5.91 Å². The molecule has 0 spiro atoms. The van der Waals surface area contributed by atoms with Crippen molar-refractivity contribution in [1.82, 2.24) is 5.32 Å². The van der Waals surface area contributed by atoms with Gasteiger partial charge in [-0.05, 0) is 116 Å². The number of nitrogens with one attached hydrogen (secondary N) is 1. The van der Waals surface area contributed by atoms with E-state index in [0.29, 0.717) is 33.2 Å². The summed E-state index contributed by atoms with van der Waals surface area (Å²) in [6.45, 7) is 2.42. The molecule has 3 heterocycles. The molecule has 5 aromatic rings. The van der Waals surface area contributed by atoms with E-state index >= 15 is 0 Å². The molecule has 2 atom stereocenters. The maximum absolute atomic E-state index is 13.3. The van der Waals surface area contributed by atoms with Crippen LogP contribution in [0, 0.1) is 0 Å². The SMILES string of the molecule is COc1cc(/C=C2\SC(=Nc3cc4c5c(c3)[C@H](c3ccccc3)CCN5CC[C@@H]4c3ccccc3)NC2=O)cc(Br)c1OCc1ccc(Cl)cc1. The Balaban J connectivity index is 1.11. The van der Waals surface area contributed by atoms with Crippen LogP contribution in [0.5, 0.6) is 11.5 Å². The van der Waals surface area contributed by atoms with Gasteiger partial charge in [-0.2, -0.15) is 0 Å². The molecule has 1 saturated heterocycles. The highest BCUT2D eigenvalue weighted by Crippen LogP contribution is 2.50. The molecular weight excluding hydrogens is 742 g/mol. The number of hydrogen-bond donors (Lipinski definition) is 1. The van der Waals surface area contributed by atoms with E-state index in [2.05, 4.69) is 98.9 Å². The highest BCUT2D eigenvalue weighted by molar-refractivity contribution is 9.10. The third-order valence-electron chi connectivity index (χ3n) is 9.73. The number of rotatable bonds is 8. The van der Waals surface area contributed by atoms with Crippen molar-refractivity contribution < 1.29 is 14.3 Å². The van der Waals surface area contributed by atoms with Gasteiger partial charge in [-0.25, -0.2) is 4.99 Å². The summed E-state index contributed by atoms with van der Waals surface area (Å²) in [5, 5.41) is 4.25. The van der Waals surface area contributed by atoms with Gasteiger partial charge in [-0.3, -0.25) is 4.79 Å². The first-order chi connectivity index (χ1) is 24.9. The van der Waals surface area contributed by atoms with Crippen LogP contribution in [0.1, 0.15) is 58.1 Å². The van der Waals surface area contributed by atoms with Crippen molar-refractivity contribution in [1.29, 1.82) is 0 Å². The van der Waals surface area contributed by atoms with Crippen molar-refractivity contribution >= 4 is 67.8 Å². The smallest absolute Gasteiger partial charge is 0.264 e. The monoisotopic (exact) mass is 775 g/mol. The van der Waals surface area contributed by atoms with Crippen LogP contribution in [0.2, 0.25) is 5.02 Å². The number of carbonyl (C=O) groups excluding carboxylic acids is 1. The summed E-state index contributed by atoms with van der Waals surface area (Å²) in [5.74, 6) is 1.50. The third kappa shape index (κ3) is 7.05. The maximum Gasteiger partial charge on any atom is 0.264 e. The Morgan fingerprint density at radius 2 is 1.53 bits per heavy atom. The first-order valence-corrected chi connectivity index (χ1v) is 19.0. The predicted octanol–water partition coefficient (Wildman–Crippen LogP) is 10.5. The van der Waals surface area contributed by atoms with E-state index in [1.165, 1.54) is 39.7 Å². The van der Waals surface area contributed by atoms with Gasteiger partial charge in [-0.15, -0.1) is 0 Å². The average Bonchev–Trinajstić information content (AvgIpc) is 3.49. The minimum Gasteiger partial charge on any atom is -0.493 e. The fourth-order valence-electron chi connectivity index (χ4n) is 7.35. The molecule has 1 fully saturated rings. The van der Waals surface area contributed by atoms with E-state index in [1.54, 1.807) is 7.11 Å². The minimum absolute atomic E-state index is 0.188. The molecule has 3 aliphatic heterocycles. The van der Waals surface area contributed by atoms with Gasteiger partial charge in [0.1, 0.15) is 6.61 Å². The molecule has 0 aromatic heterocycles. The predicted molar refractivity (Wildman–Crippen MR) is 212 cm³/mol. The first-order valence-electron chi connectivity index (χ1n) is 17.0. The average molecular weight is 777 g/mol. The number of amidine groups is 1. The molecule has 0 radical (unpaired) electrons. The van der Waals surface area contributed by atoms with Crippen LogP contribution in [0.4, 0.5) is 11.4 Å². The molecule has 5 aromatic carbocycles. The largest absolute Gasteiger partial charge is 0.493 e. The highest BCUT2D eigenvalue weighted by Gasteiger charge is 2.35. The number of benzene rings is 5. The highest BCUT2D eigenvalue weighted by atomic mass is 79.9. The molecule has 3 aliphatic rings. The van der Waals surface area contributed by atoms with Crippen molar-refractivity contribution in [2.24, 2.45) is 4.99 Å². The number of hydrogen-bond acceptors (Lipinski definition) is 6. The van der Waals surface area contributed by atoms with E-state index in [4.69, 9.17) is 26.1 Å². The van der Waals surface area contributed by atoms with E-state index in [-0.39, 0.29) is 17.7 Å². The second-order valence-corrected chi connectivity index (χ2v) is 15.2. The second-order valence-electron chi connectivity index (χ2n) is 12.9. The molecule has 8 rings (SSSR count).